The van der Waals surface area contributed by atoms with Crippen molar-refractivity contribution in [2.75, 3.05) is 19.6 Å². The van der Waals surface area contributed by atoms with Crippen LogP contribution in [0.5, 0.6) is 0 Å². The van der Waals surface area contributed by atoms with E-state index in [1.165, 1.54) is 18.2 Å². The van der Waals surface area contributed by atoms with Crippen molar-refractivity contribution in [1.29, 1.82) is 0 Å². The monoisotopic (exact) mass is 399 g/mol. The second-order valence-electron chi connectivity index (χ2n) is 7.48. The van der Waals surface area contributed by atoms with Gasteiger partial charge in [0, 0.05) is 32.2 Å². The highest BCUT2D eigenvalue weighted by molar-refractivity contribution is 5.98. The van der Waals surface area contributed by atoms with E-state index in [1.807, 2.05) is 0 Å². The maximum Gasteiger partial charge on any atom is 0.274 e. The topological polar surface area (TPSA) is 102 Å². The molecule has 29 heavy (non-hydrogen) atoms. The number of carbonyl (C=O) groups is 3. The maximum atomic E-state index is 13.1. The summed E-state index contributed by atoms with van der Waals surface area (Å²) in [6.45, 7) is 2.10. The number of amides is 3. The van der Waals surface area contributed by atoms with Crippen LogP contribution in [0.1, 0.15) is 39.4 Å². The van der Waals surface area contributed by atoms with Gasteiger partial charge < -0.3 is 15.5 Å². The molecule has 2 aliphatic heterocycles. The number of nitrogens with zero attached hydrogens (tertiary/aromatic N) is 4. The summed E-state index contributed by atoms with van der Waals surface area (Å²) in [5, 5.41) is 4.31. The zero-order valence-corrected chi connectivity index (χ0v) is 15.9. The first-order valence-electron chi connectivity index (χ1n) is 9.62. The third-order valence-electron chi connectivity index (χ3n) is 5.48. The Morgan fingerprint density at radius 1 is 1.17 bits per heavy atom. The number of rotatable bonds is 4. The number of benzene rings is 1. The van der Waals surface area contributed by atoms with Crippen molar-refractivity contribution in [1.82, 2.24) is 19.6 Å². The second-order valence-corrected chi connectivity index (χ2v) is 7.48. The van der Waals surface area contributed by atoms with Gasteiger partial charge in [-0.2, -0.15) is 5.10 Å². The van der Waals surface area contributed by atoms with E-state index in [4.69, 9.17) is 5.73 Å². The molecule has 1 aromatic heterocycles. The van der Waals surface area contributed by atoms with Crippen LogP contribution in [-0.2, 0) is 17.9 Å². The predicted molar refractivity (Wildman–Crippen MR) is 101 cm³/mol. The summed E-state index contributed by atoms with van der Waals surface area (Å²) in [5.41, 5.74) is 6.76. The molecule has 0 saturated carbocycles. The Hall–Kier alpha value is -3.23. The van der Waals surface area contributed by atoms with Crippen molar-refractivity contribution in [3.05, 3.63) is 53.1 Å². The van der Waals surface area contributed by atoms with Crippen LogP contribution >= 0.6 is 0 Å². The van der Waals surface area contributed by atoms with Crippen LogP contribution < -0.4 is 5.73 Å². The van der Waals surface area contributed by atoms with Gasteiger partial charge in [0.15, 0.2) is 5.69 Å². The van der Waals surface area contributed by atoms with Gasteiger partial charge in [-0.1, -0.05) is 12.1 Å². The lowest BCUT2D eigenvalue weighted by molar-refractivity contribution is -0.123. The molecule has 8 nitrogen and oxygen atoms in total. The van der Waals surface area contributed by atoms with Gasteiger partial charge in [0.25, 0.3) is 11.8 Å². The molecule has 1 aromatic carbocycles. The van der Waals surface area contributed by atoms with Crippen LogP contribution in [0.25, 0.3) is 0 Å². The van der Waals surface area contributed by atoms with Crippen LogP contribution in [0, 0.1) is 11.7 Å². The number of primary amides is 1. The molecule has 2 N–H and O–H groups in total. The molecule has 1 unspecified atom stereocenters. The predicted octanol–water partition coefficient (Wildman–Crippen LogP) is 1.02. The van der Waals surface area contributed by atoms with Gasteiger partial charge in [0.1, 0.15) is 11.5 Å². The zero-order valence-electron chi connectivity index (χ0n) is 15.9. The molecular weight excluding hydrogens is 377 g/mol. The fourth-order valence-corrected chi connectivity index (χ4v) is 3.86. The average molecular weight is 399 g/mol. The Morgan fingerprint density at radius 2 is 1.93 bits per heavy atom. The van der Waals surface area contributed by atoms with Gasteiger partial charge in [-0.05, 0) is 30.5 Å². The molecule has 2 aromatic rings. The summed E-state index contributed by atoms with van der Waals surface area (Å²) in [7, 11) is 0. The Labute approximate surface area is 167 Å². The highest BCUT2D eigenvalue weighted by Crippen LogP contribution is 2.21. The van der Waals surface area contributed by atoms with Crippen molar-refractivity contribution >= 4 is 17.7 Å². The van der Waals surface area contributed by atoms with Crippen molar-refractivity contribution in [2.24, 2.45) is 11.7 Å². The standard InChI is InChI=1S/C20H22FN5O3/c21-15-5-3-13(4-6-15)11-25-8-9-26-17(20(25)29)10-16(23-26)19(28)24-7-1-2-14(12-24)18(22)27/h3-6,10,14H,1-2,7-9,11-12H2,(H2,22,27). The first-order valence-corrected chi connectivity index (χ1v) is 9.62. The number of fused-ring (bicyclic) bond motifs is 1. The number of likely N-dealkylation sites (tertiary alicyclic amines) is 1. The Kier molecular flexibility index (Phi) is 5.04. The quantitative estimate of drug-likeness (QED) is 0.829. The molecule has 1 saturated heterocycles. The van der Waals surface area contributed by atoms with E-state index in [1.54, 1.807) is 26.6 Å². The summed E-state index contributed by atoms with van der Waals surface area (Å²) in [6.07, 6.45) is 1.38. The largest absolute Gasteiger partial charge is 0.369 e. The summed E-state index contributed by atoms with van der Waals surface area (Å²) < 4.78 is 14.6. The number of piperidine rings is 1. The van der Waals surface area contributed by atoms with Gasteiger partial charge in [0.2, 0.25) is 5.91 Å². The van der Waals surface area contributed by atoms with E-state index in [9.17, 15) is 18.8 Å². The third kappa shape index (κ3) is 3.85. The van der Waals surface area contributed by atoms with E-state index < -0.39 is 5.91 Å². The van der Waals surface area contributed by atoms with E-state index in [2.05, 4.69) is 5.10 Å². The molecule has 152 valence electrons. The average Bonchev–Trinajstić information content (AvgIpc) is 3.16. The smallest absolute Gasteiger partial charge is 0.274 e. The molecule has 0 radical (unpaired) electrons. The van der Waals surface area contributed by atoms with E-state index >= 15 is 0 Å². The summed E-state index contributed by atoms with van der Waals surface area (Å²) in [6, 6.07) is 7.53. The van der Waals surface area contributed by atoms with Crippen LogP contribution in [0.3, 0.4) is 0 Å². The number of carbonyl (C=O) groups excluding carboxylic acids is 3. The van der Waals surface area contributed by atoms with Crippen molar-refractivity contribution in [2.45, 2.75) is 25.9 Å². The highest BCUT2D eigenvalue weighted by atomic mass is 19.1. The third-order valence-corrected chi connectivity index (χ3v) is 5.48. The molecule has 1 atom stereocenters. The molecule has 9 heteroatoms. The summed E-state index contributed by atoms with van der Waals surface area (Å²) in [5.74, 6) is -1.59. The summed E-state index contributed by atoms with van der Waals surface area (Å²) >= 11 is 0. The molecule has 3 heterocycles. The van der Waals surface area contributed by atoms with Gasteiger partial charge in [0.05, 0.1) is 12.5 Å². The van der Waals surface area contributed by atoms with Gasteiger partial charge in [-0.15, -0.1) is 0 Å². The summed E-state index contributed by atoms with van der Waals surface area (Å²) in [4.78, 5) is 40.4. The Bertz CT molecular complexity index is 956. The fraction of sp³-hybridized carbons (Fsp3) is 0.400. The number of hydrogen-bond donors (Lipinski definition) is 1. The number of halogens is 1. The number of hydrogen-bond acceptors (Lipinski definition) is 4. The molecular formula is C20H22FN5O3. The first-order chi connectivity index (χ1) is 13.9. The van der Waals surface area contributed by atoms with Crippen LogP contribution in [0.2, 0.25) is 0 Å². The molecule has 0 aliphatic carbocycles. The van der Waals surface area contributed by atoms with E-state index in [0.717, 1.165) is 5.56 Å². The SMILES string of the molecule is NC(=O)C1CCCN(C(=O)c2cc3n(n2)CCN(Cc2ccc(F)cc2)C3=O)C1. The molecule has 0 spiro atoms. The van der Waals surface area contributed by atoms with Gasteiger partial charge >= 0.3 is 0 Å². The molecule has 2 aliphatic rings. The van der Waals surface area contributed by atoms with Gasteiger partial charge in [-0.3, -0.25) is 19.1 Å². The van der Waals surface area contributed by atoms with Crippen LogP contribution in [-0.4, -0.2) is 56.9 Å². The molecule has 3 amide bonds. The normalized spacial score (nSPS) is 19.2. The molecule has 1 fully saturated rings. The first kappa shape index (κ1) is 19.1. The van der Waals surface area contributed by atoms with Crippen molar-refractivity contribution < 1.29 is 18.8 Å². The fourth-order valence-electron chi connectivity index (χ4n) is 3.86. The minimum atomic E-state index is -0.404. The van der Waals surface area contributed by atoms with Crippen molar-refractivity contribution in [3.63, 3.8) is 0 Å². The van der Waals surface area contributed by atoms with Crippen LogP contribution in [0.15, 0.2) is 30.3 Å². The number of nitrogens with two attached hydrogens (primary N) is 1. The maximum absolute atomic E-state index is 13.1. The minimum Gasteiger partial charge on any atom is -0.369 e. The Balaban J connectivity index is 1.48. The molecule has 0 bridgehead atoms. The zero-order chi connectivity index (χ0) is 20.5. The van der Waals surface area contributed by atoms with Gasteiger partial charge in [-0.25, -0.2) is 4.39 Å². The lowest BCUT2D eigenvalue weighted by atomic mass is 9.97. The lowest BCUT2D eigenvalue weighted by Gasteiger charge is -2.30. The number of aromatic nitrogens is 2. The lowest BCUT2D eigenvalue weighted by Crippen LogP contribution is -2.44. The highest BCUT2D eigenvalue weighted by Gasteiger charge is 2.32. The van der Waals surface area contributed by atoms with Crippen molar-refractivity contribution in [3.8, 4) is 0 Å². The van der Waals surface area contributed by atoms with E-state index in [-0.39, 0.29) is 35.8 Å². The van der Waals surface area contributed by atoms with Crippen LogP contribution in [0.4, 0.5) is 4.39 Å². The Morgan fingerprint density at radius 3 is 2.66 bits per heavy atom. The van der Waals surface area contributed by atoms with E-state index in [0.29, 0.717) is 44.7 Å². The second kappa shape index (κ2) is 7.65. The molecule has 4 rings (SSSR count). The minimum absolute atomic E-state index is 0.196.